The summed E-state index contributed by atoms with van der Waals surface area (Å²) in [6, 6.07) is 3.44. The summed E-state index contributed by atoms with van der Waals surface area (Å²) in [4.78, 5) is 4.22. The third-order valence-electron chi connectivity index (χ3n) is 2.26. The number of hydrogen-bond acceptors (Lipinski definition) is 3. The Morgan fingerprint density at radius 1 is 1.36 bits per heavy atom. The Morgan fingerprint density at radius 2 is 2.07 bits per heavy atom. The number of aryl methyl sites for hydroxylation is 1. The number of benzene rings is 1. The Hall–Kier alpha value is -1.51. The molecule has 1 N–H and O–H groups in total. The van der Waals surface area contributed by atoms with Crippen molar-refractivity contribution < 1.29 is 9.52 Å². The minimum Gasteiger partial charge on any atom is -0.508 e. The van der Waals surface area contributed by atoms with Gasteiger partial charge in [-0.1, -0.05) is 13.8 Å². The molecule has 74 valence electrons. The summed E-state index contributed by atoms with van der Waals surface area (Å²) in [5.74, 6) is 1.14. The molecule has 0 amide bonds. The maximum absolute atomic E-state index is 9.70. The number of rotatable bonds is 1. The van der Waals surface area contributed by atoms with Crippen LogP contribution in [0.4, 0.5) is 0 Å². The van der Waals surface area contributed by atoms with Gasteiger partial charge in [-0.05, 0) is 18.1 Å². The first-order valence-corrected chi connectivity index (χ1v) is 4.68. The maximum atomic E-state index is 9.70. The van der Waals surface area contributed by atoms with Gasteiger partial charge in [0.1, 0.15) is 11.3 Å². The monoisotopic (exact) mass is 191 g/mol. The molecule has 0 fully saturated rings. The molecular formula is C11H13NO2. The first-order chi connectivity index (χ1) is 6.59. The first-order valence-electron chi connectivity index (χ1n) is 4.68. The molecule has 2 rings (SSSR count). The van der Waals surface area contributed by atoms with Gasteiger partial charge in [0.05, 0.1) is 0 Å². The molecule has 0 aliphatic rings. The van der Waals surface area contributed by atoms with E-state index in [2.05, 4.69) is 4.98 Å². The van der Waals surface area contributed by atoms with Crippen LogP contribution in [0.1, 0.15) is 31.2 Å². The van der Waals surface area contributed by atoms with Crippen molar-refractivity contribution in [2.24, 2.45) is 0 Å². The van der Waals surface area contributed by atoms with Gasteiger partial charge in [0.2, 0.25) is 0 Å². The number of nitrogens with zero attached hydrogens (tertiary/aromatic N) is 1. The lowest BCUT2D eigenvalue weighted by Gasteiger charge is -2.07. The van der Waals surface area contributed by atoms with Gasteiger partial charge >= 0.3 is 0 Å². The highest BCUT2D eigenvalue weighted by Gasteiger charge is 2.14. The highest BCUT2D eigenvalue weighted by Crippen LogP contribution is 2.33. The topological polar surface area (TPSA) is 46.3 Å². The summed E-state index contributed by atoms with van der Waals surface area (Å²) in [5.41, 5.74) is 2.35. The fraction of sp³-hybridized carbons (Fsp3) is 0.364. The second-order valence-corrected chi connectivity index (χ2v) is 3.73. The smallest absolute Gasteiger partial charge is 0.192 e. The molecule has 0 atom stereocenters. The Labute approximate surface area is 82.4 Å². The van der Waals surface area contributed by atoms with E-state index in [1.54, 1.807) is 19.1 Å². The van der Waals surface area contributed by atoms with Crippen LogP contribution in [-0.4, -0.2) is 10.1 Å². The van der Waals surface area contributed by atoms with Gasteiger partial charge in [0.25, 0.3) is 0 Å². The van der Waals surface area contributed by atoms with Crippen molar-refractivity contribution in [2.75, 3.05) is 0 Å². The van der Waals surface area contributed by atoms with E-state index >= 15 is 0 Å². The molecule has 0 spiro atoms. The predicted molar refractivity (Wildman–Crippen MR) is 54.5 cm³/mol. The fourth-order valence-corrected chi connectivity index (χ4v) is 1.67. The minimum atomic E-state index is 0.228. The highest BCUT2D eigenvalue weighted by atomic mass is 16.3. The molecule has 0 aliphatic carbocycles. The zero-order chi connectivity index (χ0) is 10.3. The van der Waals surface area contributed by atoms with Crippen molar-refractivity contribution in [3.8, 4) is 5.75 Å². The number of phenolic OH excluding ortho intramolecular Hbond substituents is 1. The maximum Gasteiger partial charge on any atom is 0.192 e. The third-order valence-corrected chi connectivity index (χ3v) is 2.26. The van der Waals surface area contributed by atoms with Gasteiger partial charge < -0.3 is 9.52 Å². The molecule has 1 aromatic heterocycles. The van der Waals surface area contributed by atoms with Crippen LogP contribution in [-0.2, 0) is 0 Å². The van der Waals surface area contributed by atoms with Crippen molar-refractivity contribution in [3.63, 3.8) is 0 Å². The number of hydrogen-bond donors (Lipinski definition) is 1. The van der Waals surface area contributed by atoms with Crippen molar-refractivity contribution in [1.82, 2.24) is 4.98 Å². The van der Waals surface area contributed by atoms with E-state index in [-0.39, 0.29) is 11.7 Å². The molecule has 2 aromatic rings. The number of aromatic hydroxyl groups is 1. The van der Waals surface area contributed by atoms with E-state index in [0.29, 0.717) is 11.5 Å². The molecule has 0 bridgehead atoms. The van der Waals surface area contributed by atoms with Gasteiger partial charge in [-0.3, -0.25) is 0 Å². The molecule has 0 radical (unpaired) electrons. The first kappa shape index (κ1) is 9.06. The number of phenols is 1. The Kier molecular flexibility index (Phi) is 1.95. The Balaban J connectivity index is 2.82. The van der Waals surface area contributed by atoms with Gasteiger partial charge in [0, 0.05) is 12.5 Å². The van der Waals surface area contributed by atoms with Crippen molar-refractivity contribution in [3.05, 3.63) is 23.6 Å². The number of fused-ring (bicyclic) bond motifs is 1. The molecule has 14 heavy (non-hydrogen) atoms. The zero-order valence-electron chi connectivity index (χ0n) is 8.53. The van der Waals surface area contributed by atoms with E-state index in [0.717, 1.165) is 11.1 Å². The van der Waals surface area contributed by atoms with Crippen LogP contribution >= 0.6 is 0 Å². The molecule has 0 saturated heterocycles. The lowest BCUT2D eigenvalue weighted by molar-refractivity contribution is 0.462. The highest BCUT2D eigenvalue weighted by molar-refractivity contribution is 5.79. The normalized spacial score (nSPS) is 11.4. The molecule has 3 heteroatoms. The van der Waals surface area contributed by atoms with Crippen molar-refractivity contribution in [2.45, 2.75) is 26.7 Å². The second-order valence-electron chi connectivity index (χ2n) is 3.73. The average molecular weight is 191 g/mol. The largest absolute Gasteiger partial charge is 0.508 e. The molecule has 1 heterocycles. The minimum absolute atomic E-state index is 0.228. The molecule has 0 saturated carbocycles. The van der Waals surface area contributed by atoms with Crippen molar-refractivity contribution >= 4 is 11.1 Å². The van der Waals surface area contributed by atoms with E-state index in [1.807, 2.05) is 13.8 Å². The van der Waals surface area contributed by atoms with Gasteiger partial charge in [-0.25, -0.2) is 4.98 Å². The van der Waals surface area contributed by atoms with E-state index < -0.39 is 0 Å². The quantitative estimate of drug-likeness (QED) is 0.753. The molecular weight excluding hydrogens is 178 g/mol. The van der Waals surface area contributed by atoms with Crippen molar-refractivity contribution in [1.29, 1.82) is 0 Å². The van der Waals surface area contributed by atoms with Crippen LogP contribution in [0.25, 0.3) is 11.1 Å². The lowest BCUT2D eigenvalue weighted by atomic mass is 10.0. The van der Waals surface area contributed by atoms with Gasteiger partial charge in [-0.2, -0.15) is 0 Å². The lowest BCUT2D eigenvalue weighted by Crippen LogP contribution is -1.88. The molecule has 3 nitrogen and oxygen atoms in total. The molecule has 1 aromatic carbocycles. The Morgan fingerprint density at radius 3 is 2.71 bits per heavy atom. The zero-order valence-corrected chi connectivity index (χ0v) is 8.53. The van der Waals surface area contributed by atoms with Crippen LogP contribution in [0.15, 0.2) is 16.5 Å². The number of aromatic nitrogens is 1. The summed E-state index contributed by atoms with van der Waals surface area (Å²) in [6.07, 6.45) is 0. The van der Waals surface area contributed by atoms with E-state index in [9.17, 15) is 5.11 Å². The van der Waals surface area contributed by atoms with Crippen LogP contribution in [0.2, 0.25) is 0 Å². The second kappa shape index (κ2) is 3.01. The number of oxazole rings is 1. The summed E-state index contributed by atoms with van der Waals surface area (Å²) < 4.78 is 5.47. The molecule has 0 aliphatic heterocycles. The van der Waals surface area contributed by atoms with Crippen LogP contribution in [0.3, 0.4) is 0 Å². The van der Waals surface area contributed by atoms with Crippen LogP contribution < -0.4 is 0 Å². The summed E-state index contributed by atoms with van der Waals surface area (Å²) >= 11 is 0. The molecule has 0 unspecified atom stereocenters. The summed E-state index contributed by atoms with van der Waals surface area (Å²) in [7, 11) is 0. The van der Waals surface area contributed by atoms with Crippen LogP contribution in [0, 0.1) is 6.92 Å². The average Bonchev–Trinajstić information content (AvgIpc) is 2.43. The SMILES string of the molecule is Cc1nc2ccc(O)c(C(C)C)c2o1. The third kappa shape index (κ3) is 1.25. The summed E-state index contributed by atoms with van der Waals surface area (Å²) in [6.45, 7) is 5.85. The van der Waals surface area contributed by atoms with E-state index in [1.165, 1.54) is 0 Å². The van der Waals surface area contributed by atoms with Crippen LogP contribution in [0.5, 0.6) is 5.75 Å². The van der Waals surface area contributed by atoms with Gasteiger partial charge in [0.15, 0.2) is 11.5 Å². The standard InChI is InChI=1S/C11H13NO2/c1-6(2)10-9(13)5-4-8-11(10)14-7(3)12-8/h4-6,13H,1-3H3. The Bertz CT molecular complexity index is 471. The van der Waals surface area contributed by atoms with E-state index in [4.69, 9.17) is 4.42 Å². The predicted octanol–water partition coefficient (Wildman–Crippen LogP) is 2.97. The van der Waals surface area contributed by atoms with Gasteiger partial charge in [-0.15, -0.1) is 0 Å². The summed E-state index contributed by atoms with van der Waals surface area (Å²) in [5, 5.41) is 9.70. The fourth-order valence-electron chi connectivity index (χ4n) is 1.67.